The molecule has 0 saturated carbocycles. The van der Waals surface area contributed by atoms with Gasteiger partial charge in [-0.25, -0.2) is 0 Å². The smallest absolute Gasteiger partial charge is 0.0149 e. The molecule has 0 radical (unpaired) electrons. The molecule has 0 amide bonds. The van der Waals surface area contributed by atoms with E-state index in [-0.39, 0.29) is 71.6 Å². The number of hydrogen-bond acceptors (Lipinski definition) is 0. The zero-order valence-corrected chi connectivity index (χ0v) is 4.65. The van der Waals surface area contributed by atoms with E-state index in [1.807, 2.05) is 0 Å². The predicted molar refractivity (Wildman–Crippen MR) is 19.9 cm³/mol. The van der Waals surface area contributed by atoms with Gasteiger partial charge in [0, 0.05) is 37.6 Å². The average Bonchev–Trinajstić information content (AvgIpc) is 0. The molecule has 0 aliphatic carbocycles. The Morgan fingerprint density at radius 3 is 1.00 bits per heavy atom. The van der Waals surface area contributed by atoms with Gasteiger partial charge >= 0.3 is 23.1 Å². The largest absolute Gasteiger partial charge is 0.316 e. The van der Waals surface area contributed by atoms with Crippen molar-refractivity contribution in [3.8, 4) is 0 Å². The van der Waals surface area contributed by atoms with Crippen LogP contribution in [0.2, 0.25) is 0 Å². The molecule has 0 N–H and O–H groups in total. The molecule has 0 aromatic rings. The summed E-state index contributed by atoms with van der Waals surface area (Å²) in [5.74, 6) is 0. The van der Waals surface area contributed by atoms with Gasteiger partial charge in [-0.2, -0.15) is 0 Å². The first-order valence-electron chi connectivity index (χ1n) is 0. The average molecular weight is 301 g/mol. The van der Waals surface area contributed by atoms with Gasteiger partial charge in [0.05, 0.1) is 0 Å². The van der Waals surface area contributed by atoms with Crippen LogP contribution in [0.1, 0.15) is 0 Å². The van der Waals surface area contributed by atoms with Crippen LogP contribution in [-0.4, -0.2) is 34.0 Å². The summed E-state index contributed by atoms with van der Waals surface area (Å²) in [5.41, 5.74) is 0. The van der Waals surface area contributed by atoms with Crippen molar-refractivity contribution in [3.05, 3.63) is 0 Å². The van der Waals surface area contributed by atoms with Crippen LogP contribution < -0.4 is 0 Å². The summed E-state index contributed by atoms with van der Waals surface area (Å²) in [6, 6.07) is 0. The number of hydrogen-bond donors (Lipinski definition) is 0. The minimum Gasteiger partial charge on any atom is -0.0149 e. The van der Waals surface area contributed by atoms with Crippen molar-refractivity contribution in [3.63, 3.8) is 0 Å². The Balaban J connectivity index is 0. The molecule has 0 heterocycles. The van der Waals surface area contributed by atoms with E-state index < -0.39 is 0 Å². The normalized spacial score (nSPS) is 0. The fraction of sp³-hybridized carbons (Fsp3) is 0. The zero-order valence-electron chi connectivity index (χ0n) is 0.724. The first kappa shape index (κ1) is 35.1. The van der Waals surface area contributed by atoms with E-state index in [2.05, 4.69) is 0 Å². The van der Waals surface area contributed by atoms with Gasteiger partial charge < -0.3 is 0 Å². The van der Waals surface area contributed by atoms with Crippen LogP contribution in [0.5, 0.6) is 0 Å². The van der Waals surface area contributed by atoms with Crippen LogP contribution in [0, 0.1) is 0 Å². The minimum atomic E-state index is 0. The molecule has 0 fully saturated rings. The van der Waals surface area contributed by atoms with Gasteiger partial charge in [-0.3, -0.25) is 0 Å². The second-order valence-corrected chi connectivity index (χ2v) is 0. The Morgan fingerprint density at radius 2 is 1.00 bits per heavy atom. The van der Waals surface area contributed by atoms with Crippen molar-refractivity contribution in [1.82, 2.24) is 0 Å². The second-order valence-electron chi connectivity index (χ2n) is 0. The summed E-state index contributed by atoms with van der Waals surface area (Å²) in [6.07, 6.45) is 0. The summed E-state index contributed by atoms with van der Waals surface area (Å²) in [7, 11) is 0. The maximum absolute atomic E-state index is 0. The first-order chi connectivity index (χ1) is 0. The van der Waals surface area contributed by atoms with Crippen molar-refractivity contribution in [2.24, 2.45) is 0 Å². The Morgan fingerprint density at radius 1 is 1.00 bits per heavy atom. The van der Waals surface area contributed by atoms with E-state index >= 15 is 0 Å². The predicted octanol–water partition coefficient (Wildman–Crippen LogP) is -2.37. The molecular formula is H6MgNiSiW. The van der Waals surface area contributed by atoms with Crippen molar-refractivity contribution < 1.29 is 37.6 Å². The molecule has 0 bridgehead atoms. The summed E-state index contributed by atoms with van der Waals surface area (Å²) in [5, 5.41) is 0. The van der Waals surface area contributed by atoms with Crippen LogP contribution in [0.4, 0.5) is 0 Å². The molecule has 0 aliphatic heterocycles. The molecule has 0 saturated heterocycles. The van der Waals surface area contributed by atoms with Crippen LogP contribution in [0.15, 0.2) is 0 Å². The zero-order chi connectivity index (χ0) is 0. The van der Waals surface area contributed by atoms with Crippen LogP contribution in [-0.2, 0) is 37.6 Å². The molecule has 0 spiro atoms. The standard InChI is InChI=1S/Mg.Ni.H4Si.W.2H/h;;1H4;;;. The molecule has 0 aromatic carbocycles. The van der Waals surface area contributed by atoms with Crippen molar-refractivity contribution in [2.75, 3.05) is 0 Å². The Bertz CT molecular complexity index is 8.00. The molecule has 4 heavy (non-hydrogen) atoms. The molecule has 0 aromatic heterocycles. The molecule has 0 nitrogen and oxygen atoms in total. The molecule has 0 atom stereocenters. The molecule has 0 unspecified atom stereocenters. The summed E-state index contributed by atoms with van der Waals surface area (Å²) >= 11 is 0. The van der Waals surface area contributed by atoms with Gasteiger partial charge in [-0.15, -0.1) is 0 Å². The topological polar surface area (TPSA) is 0 Å². The third-order valence-electron chi connectivity index (χ3n) is 0. The van der Waals surface area contributed by atoms with E-state index in [4.69, 9.17) is 0 Å². The fourth-order valence-corrected chi connectivity index (χ4v) is 0. The third kappa shape index (κ3) is 8.90. The van der Waals surface area contributed by atoms with Gasteiger partial charge in [-0.05, 0) is 11.0 Å². The molecule has 0 aliphatic rings. The quantitative estimate of drug-likeness (QED) is 0.439. The Kier molecular flexibility index (Phi) is 168. The van der Waals surface area contributed by atoms with E-state index in [0.717, 1.165) is 0 Å². The van der Waals surface area contributed by atoms with Gasteiger partial charge in [0.15, 0.2) is 0 Å². The fourth-order valence-electron chi connectivity index (χ4n) is 0. The third-order valence-corrected chi connectivity index (χ3v) is 0. The van der Waals surface area contributed by atoms with Crippen molar-refractivity contribution >= 4 is 34.0 Å². The van der Waals surface area contributed by atoms with Gasteiger partial charge in [0.2, 0.25) is 0 Å². The van der Waals surface area contributed by atoms with Crippen LogP contribution in [0.3, 0.4) is 0 Å². The minimum absolute atomic E-state index is 0. The van der Waals surface area contributed by atoms with E-state index in [1.165, 1.54) is 0 Å². The molecule has 28 valence electrons. The second kappa shape index (κ2) is 19.1. The van der Waals surface area contributed by atoms with Gasteiger partial charge in [0.1, 0.15) is 0 Å². The van der Waals surface area contributed by atoms with E-state index in [1.54, 1.807) is 0 Å². The van der Waals surface area contributed by atoms with E-state index in [0.29, 0.717) is 0 Å². The monoisotopic (exact) mass is 300 g/mol. The van der Waals surface area contributed by atoms with Crippen LogP contribution in [0.25, 0.3) is 0 Å². The number of rotatable bonds is 0. The Hall–Kier alpha value is 2.16. The summed E-state index contributed by atoms with van der Waals surface area (Å²) in [6.45, 7) is 0. The first-order valence-corrected chi connectivity index (χ1v) is 0. The van der Waals surface area contributed by atoms with Gasteiger partial charge in [-0.1, -0.05) is 0 Å². The molecule has 0 rings (SSSR count). The Labute approximate surface area is 70.8 Å². The molecular weight excluding hydrogens is 295 g/mol. The maximum Gasteiger partial charge on any atom is 0.316 e. The van der Waals surface area contributed by atoms with Crippen molar-refractivity contribution in [2.45, 2.75) is 0 Å². The van der Waals surface area contributed by atoms with E-state index in [9.17, 15) is 0 Å². The molecule has 4 heteroatoms. The van der Waals surface area contributed by atoms with Crippen molar-refractivity contribution in [1.29, 1.82) is 0 Å². The summed E-state index contributed by atoms with van der Waals surface area (Å²) < 4.78 is 0. The van der Waals surface area contributed by atoms with Gasteiger partial charge in [0.25, 0.3) is 0 Å². The maximum atomic E-state index is 0. The summed E-state index contributed by atoms with van der Waals surface area (Å²) in [4.78, 5) is 0. The van der Waals surface area contributed by atoms with Crippen LogP contribution >= 0.6 is 0 Å². The SMILES string of the molecule is [MgH2].[Ni].[SiH4].[W].